The van der Waals surface area contributed by atoms with Crippen LogP contribution in [0.15, 0.2) is 35.3 Å². The van der Waals surface area contributed by atoms with Crippen LogP contribution in [-0.4, -0.2) is 50.9 Å². The van der Waals surface area contributed by atoms with Crippen molar-refractivity contribution in [3.63, 3.8) is 0 Å². The van der Waals surface area contributed by atoms with Crippen LogP contribution in [0.1, 0.15) is 6.42 Å². The van der Waals surface area contributed by atoms with Gasteiger partial charge in [0.1, 0.15) is 11.8 Å². The van der Waals surface area contributed by atoms with E-state index in [4.69, 9.17) is 9.47 Å². The molecule has 3 N–H and O–H groups in total. The third-order valence-corrected chi connectivity index (χ3v) is 5.87. The number of ether oxygens (including phenoxy) is 2. The van der Waals surface area contributed by atoms with Gasteiger partial charge in [-0.05, 0) is 18.6 Å². The van der Waals surface area contributed by atoms with Crippen LogP contribution in [0, 0.1) is 5.41 Å². The van der Waals surface area contributed by atoms with Gasteiger partial charge >= 0.3 is 5.69 Å². The van der Waals surface area contributed by atoms with E-state index in [1.165, 1.54) is 6.20 Å². The van der Waals surface area contributed by atoms with Crippen molar-refractivity contribution in [2.45, 2.75) is 30.8 Å². The fourth-order valence-electron chi connectivity index (χ4n) is 4.27. The Bertz CT molecular complexity index is 982. The summed E-state index contributed by atoms with van der Waals surface area (Å²) < 4.78 is 27.4. The molecular formula is C18H18FN3O5. The number of nitrogens with zero attached hydrogens (tertiary/aromatic N) is 2. The third-order valence-electron chi connectivity index (χ3n) is 5.87. The lowest BCUT2D eigenvalue weighted by Gasteiger charge is -2.50. The Labute approximate surface area is 153 Å². The lowest BCUT2D eigenvalue weighted by molar-refractivity contribution is -0.180. The first kappa shape index (κ1) is 16.7. The molecule has 4 atom stereocenters. The van der Waals surface area contributed by atoms with Crippen molar-refractivity contribution in [3.8, 4) is 11.5 Å². The van der Waals surface area contributed by atoms with Crippen LogP contribution in [-0.2, 0) is 11.3 Å². The fourth-order valence-corrected chi connectivity index (χ4v) is 4.27. The maximum absolute atomic E-state index is 15.1. The third kappa shape index (κ3) is 2.19. The van der Waals surface area contributed by atoms with Crippen molar-refractivity contribution in [1.82, 2.24) is 9.55 Å². The van der Waals surface area contributed by atoms with Crippen molar-refractivity contribution in [2.24, 2.45) is 5.41 Å². The van der Waals surface area contributed by atoms with Gasteiger partial charge in [-0.3, -0.25) is 4.57 Å². The van der Waals surface area contributed by atoms with Crippen molar-refractivity contribution in [1.29, 1.82) is 0 Å². The van der Waals surface area contributed by atoms with Crippen molar-refractivity contribution < 1.29 is 24.1 Å². The summed E-state index contributed by atoms with van der Waals surface area (Å²) in [4.78, 5) is 16.3. The van der Waals surface area contributed by atoms with Crippen LogP contribution in [0.25, 0.3) is 0 Å². The van der Waals surface area contributed by atoms with E-state index >= 15 is 4.39 Å². The van der Waals surface area contributed by atoms with Gasteiger partial charge in [0.15, 0.2) is 17.3 Å². The van der Waals surface area contributed by atoms with Gasteiger partial charge in [0, 0.05) is 0 Å². The van der Waals surface area contributed by atoms with Gasteiger partial charge in [-0.25, -0.2) is 9.18 Å². The summed E-state index contributed by atoms with van der Waals surface area (Å²) in [6, 6.07) is 7.21. The molecule has 8 nitrogen and oxygen atoms in total. The number of rotatable bonds is 4. The minimum absolute atomic E-state index is 0.00838. The van der Waals surface area contributed by atoms with E-state index < -0.39 is 29.0 Å². The van der Waals surface area contributed by atoms with Crippen LogP contribution >= 0.6 is 0 Å². The highest BCUT2D eigenvalue weighted by Crippen LogP contribution is 2.60. The average Bonchev–Trinajstić information content (AvgIpc) is 3.21. The van der Waals surface area contributed by atoms with Crippen LogP contribution in [0.3, 0.4) is 0 Å². The number of anilines is 2. The lowest BCUT2D eigenvalue weighted by Crippen LogP contribution is -2.65. The number of benzene rings is 1. The summed E-state index contributed by atoms with van der Waals surface area (Å²) >= 11 is 0. The Morgan fingerprint density at radius 2 is 2.22 bits per heavy atom. The number of nitrogens with one attached hydrogen (secondary N) is 1. The van der Waals surface area contributed by atoms with E-state index in [0.717, 1.165) is 4.57 Å². The van der Waals surface area contributed by atoms with Gasteiger partial charge in [0.25, 0.3) is 0 Å². The number of hydrogen-bond acceptors (Lipinski definition) is 7. The first-order valence-corrected chi connectivity index (χ1v) is 8.70. The number of para-hydroxylation sites is 2. The van der Waals surface area contributed by atoms with Gasteiger partial charge in [-0.2, -0.15) is 4.98 Å². The second-order valence-electron chi connectivity index (χ2n) is 7.40. The smallest absolute Gasteiger partial charge is 0.349 e. The molecule has 4 aliphatic rings. The quantitative estimate of drug-likeness (QED) is 0.623. The molecule has 4 heterocycles. The molecular weight excluding hydrogens is 357 g/mol. The first-order chi connectivity index (χ1) is 13.0. The van der Waals surface area contributed by atoms with Gasteiger partial charge < -0.3 is 25.0 Å². The molecule has 3 unspecified atom stereocenters. The highest BCUT2D eigenvalue weighted by Gasteiger charge is 2.73. The van der Waals surface area contributed by atoms with Gasteiger partial charge in [0.2, 0.25) is 0 Å². The molecule has 0 radical (unpaired) electrons. The number of fused-ring (bicyclic) bond motifs is 3. The number of aliphatic hydroxyl groups is 2. The molecule has 2 aromatic rings. The second-order valence-corrected chi connectivity index (χ2v) is 7.40. The summed E-state index contributed by atoms with van der Waals surface area (Å²) in [6.07, 6.45) is -0.999. The minimum atomic E-state index is -1.53. The van der Waals surface area contributed by atoms with Crippen molar-refractivity contribution in [2.75, 3.05) is 18.5 Å². The summed E-state index contributed by atoms with van der Waals surface area (Å²) in [5, 5.41) is 22.7. The number of alkyl halides is 1. The molecule has 1 aromatic heterocycles. The van der Waals surface area contributed by atoms with Crippen LogP contribution in [0.4, 0.5) is 15.9 Å². The predicted molar refractivity (Wildman–Crippen MR) is 92.0 cm³/mol. The van der Waals surface area contributed by atoms with Crippen LogP contribution in [0.5, 0.6) is 11.5 Å². The van der Waals surface area contributed by atoms with E-state index in [1.54, 1.807) is 12.1 Å². The second kappa shape index (κ2) is 5.51. The first-order valence-electron chi connectivity index (χ1n) is 8.70. The molecule has 142 valence electrons. The molecule has 3 aliphatic heterocycles. The summed E-state index contributed by atoms with van der Waals surface area (Å²) in [7, 11) is 0. The zero-order valence-corrected chi connectivity index (χ0v) is 14.3. The molecule has 2 saturated heterocycles. The Kier molecular flexibility index (Phi) is 3.40. The van der Waals surface area contributed by atoms with E-state index in [2.05, 4.69) is 10.3 Å². The fraction of sp³-hybridized carbons (Fsp3) is 0.444. The zero-order chi connectivity index (χ0) is 18.8. The van der Waals surface area contributed by atoms with E-state index in [0.29, 0.717) is 17.2 Å². The zero-order valence-electron chi connectivity index (χ0n) is 14.3. The van der Waals surface area contributed by atoms with Gasteiger partial charge in [-0.15, -0.1) is 0 Å². The molecule has 2 bridgehead atoms. The minimum Gasteiger partial charge on any atom is -0.450 e. The highest BCUT2D eigenvalue weighted by atomic mass is 19.1. The normalized spacial score (nSPS) is 31.1. The Balaban J connectivity index is 1.41. The van der Waals surface area contributed by atoms with E-state index in [-0.39, 0.29) is 32.0 Å². The number of halogens is 1. The van der Waals surface area contributed by atoms with Crippen molar-refractivity contribution >= 4 is 11.5 Å². The van der Waals surface area contributed by atoms with E-state index in [9.17, 15) is 15.0 Å². The number of hydrogen-bond donors (Lipinski definition) is 3. The predicted octanol–water partition coefficient (Wildman–Crippen LogP) is 0.943. The molecule has 27 heavy (non-hydrogen) atoms. The summed E-state index contributed by atoms with van der Waals surface area (Å²) in [5.74, 6) is 1.17. The SMILES string of the molecule is O=c1nc2c(cn1C[C@@H](F)C13COC(CO)(C1)C3O)Oc1ccccc1N2. The molecule has 6 rings (SSSR count). The standard InChI is InChI=1S/C18H18FN3O5/c19-13(17-7-18(8-23,15(17)24)26-9-17)6-22-5-12-14(21-16(22)25)20-10-3-1-2-4-11(10)27-12/h1-5,13,15,23-24H,6-9H2,(H,20,21,25)/t13-,15?,17?,18?/m1/s1. The molecule has 0 spiro atoms. The topological polar surface area (TPSA) is 106 Å². The molecule has 3 fully saturated rings. The molecule has 1 aromatic carbocycles. The maximum atomic E-state index is 15.1. The Hall–Kier alpha value is -2.49. The number of aromatic nitrogens is 2. The van der Waals surface area contributed by atoms with E-state index in [1.807, 2.05) is 12.1 Å². The number of aliphatic hydroxyl groups excluding tert-OH is 2. The molecule has 9 heteroatoms. The van der Waals surface area contributed by atoms with Gasteiger partial charge in [-0.1, -0.05) is 12.1 Å². The lowest BCUT2D eigenvalue weighted by atomic mass is 9.57. The highest BCUT2D eigenvalue weighted by molar-refractivity contribution is 5.72. The molecule has 0 amide bonds. The largest absolute Gasteiger partial charge is 0.450 e. The molecule has 1 saturated carbocycles. The summed E-state index contributed by atoms with van der Waals surface area (Å²) in [6.45, 7) is -0.637. The summed E-state index contributed by atoms with van der Waals surface area (Å²) in [5.41, 5.74) is -2.11. The van der Waals surface area contributed by atoms with Gasteiger partial charge in [0.05, 0.1) is 43.2 Å². The maximum Gasteiger partial charge on any atom is 0.349 e. The van der Waals surface area contributed by atoms with Crippen LogP contribution < -0.4 is 15.7 Å². The molecule has 1 aliphatic carbocycles. The Morgan fingerprint density at radius 3 is 2.96 bits per heavy atom. The average molecular weight is 375 g/mol. The van der Waals surface area contributed by atoms with Crippen LogP contribution in [0.2, 0.25) is 0 Å². The monoisotopic (exact) mass is 375 g/mol. The Morgan fingerprint density at radius 1 is 1.41 bits per heavy atom. The van der Waals surface area contributed by atoms with Crippen molar-refractivity contribution in [3.05, 3.63) is 40.9 Å².